The smallest absolute Gasteiger partial charge is 0.410 e. The molecule has 0 bridgehead atoms. The number of aromatic nitrogens is 1. The van der Waals surface area contributed by atoms with Crippen molar-refractivity contribution in [2.45, 2.75) is 51.9 Å². The summed E-state index contributed by atoms with van der Waals surface area (Å²) in [6.45, 7) is 5.68. The lowest BCUT2D eigenvalue weighted by Crippen LogP contribution is -2.45. The van der Waals surface area contributed by atoms with Crippen LogP contribution in [0.2, 0.25) is 0 Å². The van der Waals surface area contributed by atoms with E-state index >= 15 is 0 Å². The van der Waals surface area contributed by atoms with Gasteiger partial charge in [-0.25, -0.2) is 9.18 Å². The monoisotopic (exact) mass is 440 g/mol. The normalized spacial score (nSPS) is 15.7. The first kappa shape index (κ1) is 23.0. The van der Waals surface area contributed by atoms with Crippen molar-refractivity contribution in [2.24, 2.45) is 0 Å². The lowest BCUT2D eigenvalue weighted by atomic mass is 10.1. The summed E-state index contributed by atoms with van der Waals surface area (Å²) in [6.07, 6.45) is 0.702. The van der Waals surface area contributed by atoms with E-state index in [0.29, 0.717) is 19.4 Å². The largest absolute Gasteiger partial charge is 0.473 e. The third-order valence-electron chi connectivity index (χ3n) is 4.72. The van der Waals surface area contributed by atoms with Gasteiger partial charge in [-0.3, -0.25) is 9.69 Å². The number of ether oxygens (including phenoxy) is 2. The van der Waals surface area contributed by atoms with Gasteiger partial charge in [-0.15, -0.1) is 0 Å². The molecular weight excluding hydrogens is 415 g/mol. The van der Waals surface area contributed by atoms with Crippen molar-refractivity contribution >= 4 is 17.8 Å². The Morgan fingerprint density at radius 3 is 2.78 bits per heavy atom. The number of rotatable bonds is 5. The van der Waals surface area contributed by atoms with E-state index < -0.39 is 23.6 Å². The van der Waals surface area contributed by atoms with Crippen LogP contribution in [0.25, 0.3) is 0 Å². The molecule has 2 aromatic rings. The number of benzene rings is 1. The zero-order valence-electron chi connectivity index (χ0n) is 18.2. The van der Waals surface area contributed by atoms with Crippen LogP contribution in [-0.4, -0.2) is 40.1 Å². The molecule has 2 amide bonds. The quantitative estimate of drug-likeness (QED) is 0.753. The minimum Gasteiger partial charge on any atom is -0.473 e. The van der Waals surface area contributed by atoms with Gasteiger partial charge in [-0.2, -0.15) is 10.2 Å². The van der Waals surface area contributed by atoms with Crippen molar-refractivity contribution in [3.05, 3.63) is 53.3 Å². The lowest BCUT2D eigenvalue weighted by Gasteiger charge is -2.27. The number of nitrogens with zero attached hydrogens (tertiary/aromatic N) is 3. The highest BCUT2D eigenvalue weighted by Gasteiger charge is 2.36. The van der Waals surface area contributed by atoms with Gasteiger partial charge in [0, 0.05) is 18.2 Å². The second kappa shape index (κ2) is 9.64. The summed E-state index contributed by atoms with van der Waals surface area (Å²) >= 11 is 0. The molecule has 0 saturated carbocycles. The zero-order valence-corrected chi connectivity index (χ0v) is 18.2. The van der Waals surface area contributed by atoms with Crippen LogP contribution in [0.15, 0.2) is 36.4 Å². The molecular formula is C23H25FN4O4. The minimum atomic E-state index is -0.650. The molecule has 0 unspecified atom stereocenters. The summed E-state index contributed by atoms with van der Waals surface area (Å²) in [5.41, 5.74) is -0.150. The molecule has 1 aromatic carbocycles. The van der Waals surface area contributed by atoms with Gasteiger partial charge >= 0.3 is 6.09 Å². The van der Waals surface area contributed by atoms with Gasteiger partial charge < -0.3 is 14.8 Å². The van der Waals surface area contributed by atoms with E-state index in [1.165, 1.54) is 17.0 Å². The Labute approximate surface area is 185 Å². The standard InChI is InChI=1S/C23H25FN4O4/c1-23(2,3)32-22(30)28-11-5-6-18(28)21(29)27-19-7-4-8-20(26-19)31-14-16-10-9-15(13-25)12-17(16)24/h4,7-10,12,18H,5-6,11,14H2,1-3H3,(H,26,27,29)/t18-/m0/s1. The fourth-order valence-electron chi connectivity index (χ4n) is 3.24. The highest BCUT2D eigenvalue weighted by atomic mass is 19.1. The topological polar surface area (TPSA) is 105 Å². The van der Waals surface area contributed by atoms with Crippen LogP contribution in [0.4, 0.5) is 15.0 Å². The van der Waals surface area contributed by atoms with Crippen LogP contribution in [0, 0.1) is 17.1 Å². The maximum Gasteiger partial charge on any atom is 0.410 e. The molecule has 2 heterocycles. The molecule has 32 heavy (non-hydrogen) atoms. The zero-order chi connectivity index (χ0) is 23.3. The number of amides is 2. The summed E-state index contributed by atoms with van der Waals surface area (Å²) in [6, 6.07) is 10.2. The number of anilines is 1. The van der Waals surface area contributed by atoms with Crippen molar-refractivity contribution in [1.82, 2.24) is 9.88 Å². The maximum atomic E-state index is 14.0. The number of carbonyl (C=O) groups is 2. The van der Waals surface area contributed by atoms with E-state index in [-0.39, 0.29) is 35.3 Å². The molecule has 3 rings (SSSR count). The van der Waals surface area contributed by atoms with E-state index in [1.54, 1.807) is 39.0 Å². The molecule has 1 aromatic heterocycles. The predicted octanol–water partition coefficient (Wildman–Crippen LogP) is 4.01. The second-order valence-corrected chi connectivity index (χ2v) is 8.39. The van der Waals surface area contributed by atoms with Crippen LogP contribution in [0.5, 0.6) is 5.88 Å². The van der Waals surface area contributed by atoms with Gasteiger partial charge in [0.05, 0.1) is 11.6 Å². The Hall–Kier alpha value is -3.67. The average Bonchev–Trinajstić information content (AvgIpc) is 3.22. The molecule has 0 radical (unpaired) electrons. The molecule has 1 atom stereocenters. The number of carbonyl (C=O) groups excluding carboxylic acids is 2. The van der Waals surface area contributed by atoms with Crippen LogP contribution < -0.4 is 10.1 Å². The van der Waals surface area contributed by atoms with Gasteiger partial charge in [0.25, 0.3) is 0 Å². The van der Waals surface area contributed by atoms with Crippen LogP contribution >= 0.6 is 0 Å². The highest BCUT2D eigenvalue weighted by Crippen LogP contribution is 2.23. The number of likely N-dealkylation sites (tertiary alicyclic amines) is 1. The number of hydrogen-bond acceptors (Lipinski definition) is 6. The minimum absolute atomic E-state index is 0.0863. The second-order valence-electron chi connectivity index (χ2n) is 8.39. The number of hydrogen-bond donors (Lipinski definition) is 1. The summed E-state index contributed by atoms with van der Waals surface area (Å²) < 4.78 is 24.9. The van der Waals surface area contributed by atoms with E-state index in [9.17, 15) is 14.0 Å². The first-order valence-electron chi connectivity index (χ1n) is 10.2. The molecule has 0 spiro atoms. The van der Waals surface area contributed by atoms with Gasteiger partial charge in [0.1, 0.15) is 29.9 Å². The molecule has 9 heteroatoms. The van der Waals surface area contributed by atoms with Crippen LogP contribution in [0.3, 0.4) is 0 Å². The number of nitrogens with one attached hydrogen (secondary N) is 1. The van der Waals surface area contributed by atoms with Crippen molar-refractivity contribution < 1.29 is 23.5 Å². The first-order valence-corrected chi connectivity index (χ1v) is 10.2. The SMILES string of the molecule is CC(C)(C)OC(=O)N1CCC[C@H]1C(=O)Nc1cccc(OCc2ccc(C#N)cc2F)n1. The summed E-state index contributed by atoms with van der Waals surface area (Å²) in [4.78, 5) is 30.8. The first-order chi connectivity index (χ1) is 15.2. The molecule has 1 saturated heterocycles. The van der Waals surface area contributed by atoms with Gasteiger partial charge in [0.2, 0.25) is 11.8 Å². The molecule has 1 N–H and O–H groups in total. The van der Waals surface area contributed by atoms with Crippen LogP contribution in [-0.2, 0) is 16.1 Å². The molecule has 168 valence electrons. The summed E-state index contributed by atoms with van der Waals surface area (Å²) in [5.74, 6) is -0.459. The van der Waals surface area contributed by atoms with Crippen molar-refractivity contribution in [1.29, 1.82) is 5.26 Å². The van der Waals surface area contributed by atoms with Crippen molar-refractivity contribution in [3.63, 3.8) is 0 Å². The lowest BCUT2D eigenvalue weighted by molar-refractivity contribution is -0.120. The fourth-order valence-corrected chi connectivity index (χ4v) is 3.24. The third-order valence-corrected chi connectivity index (χ3v) is 4.72. The van der Waals surface area contributed by atoms with E-state index in [1.807, 2.05) is 6.07 Å². The summed E-state index contributed by atoms with van der Waals surface area (Å²) in [7, 11) is 0. The maximum absolute atomic E-state index is 14.0. The molecule has 0 aliphatic carbocycles. The van der Waals surface area contributed by atoms with E-state index in [0.717, 1.165) is 6.07 Å². The van der Waals surface area contributed by atoms with Gasteiger partial charge in [0.15, 0.2) is 0 Å². The van der Waals surface area contributed by atoms with Gasteiger partial charge in [-0.05, 0) is 51.8 Å². The predicted molar refractivity (Wildman–Crippen MR) is 114 cm³/mol. The van der Waals surface area contributed by atoms with Crippen molar-refractivity contribution in [2.75, 3.05) is 11.9 Å². The Kier molecular flexibility index (Phi) is 6.93. The Bertz CT molecular complexity index is 1050. The fraction of sp³-hybridized carbons (Fsp3) is 0.391. The number of pyridine rings is 1. The number of halogens is 1. The van der Waals surface area contributed by atoms with E-state index in [2.05, 4.69) is 10.3 Å². The molecule has 8 nitrogen and oxygen atoms in total. The molecule has 1 fully saturated rings. The van der Waals surface area contributed by atoms with Crippen molar-refractivity contribution in [3.8, 4) is 11.9 Å². The average molecular weight is 440 g/mol. The highest BCUT2D eigenvalue weighted by molar-refractivity contribution is 5.96. The third kappa shape index (κ3) is 5.94. The Morgan fingerprint density at radius 2 is 2.09 bits per heavy atom. The Balaban J connectivity index is 1.62. The van der Waals surface area contributed by atoms with E-state index in [4.69, 9.17) is 14.7 Å². The molecule has 1 aliphatic heterocycles. The Morgan fingerprint density at radius 1 is 1.31 bits per heavy atom. The molecule has 1 aliphatic rings. The van der Waals surface area contributed by atoms with Gasteiger partial charge in [-0.1, -0.05) is 12.1 Å². The van der Waals surface area contributed by atoms with Crippen LogP contribution in [0.1, 0.15) is 44.7 Å². The summed E-state index contributed by atoms with van der Waals surface area (Å²) in [5, 5.41) is 11.5. The number of nitriles is 1.